The molecule has 0 aliphatic carbocycles. The lowest BCUT2D eigenvalue weighted by Gasteiger charge is -2.30. The Hall–Kier alpha value is -3.06. The molecule has 0 fully saturated rings. The molecule has 0 saturated heterocycles. The van der Waals surface area contributed by atoms with Crippen molar-refractivity contribution in [3.8, 4) is 11.5 Å². The lowest BCUT2D eigenvalue weighted by Crippen LogP contribution is -2.45. The summed E-state index contributed by atoms with van der Waals surface area (Å²) in [6.07, 6.45) is 0. The van der Waals surface area contributed by atoms with Gasteiger partial charge in [0.25, 0.3) is 0 Å². The summed E-state index contributed by atoms with van der Waals surface area (Å²) in [6.45, 7) is 4.27. The first-order valence-corrected chi connectivity index (χ1v) is 9.56. The average molecular weight is 413 g/mol. The molecule has 152 valence electrons. The number of aryl methyl sites for hydroxylation is 1. The smallest absolute Gasteiger partial charge is 0.337 e. The Morgan fingerprint density at radius 2 is 1.79 bits per heavy atom. The van der Waals surface area contributed by atoms with E-state index in [1.165, 1.54) is 12.7 Å². The number of allylic oxidation sites excluding steroid dienone is 1. The van der Waals surface area contributed by atoms with E-state index in [-0.39, 0.29) is 0 Å². The molecule has 1 heterocycles. The van der Waals surface area contributed by atoms with Crippen molar-refractivity contribution in [1.29, 1.82) is 0 Å². The zero-order valence-corrected chi connectivity index (χ0v) is 17.7. The van der Waals surface area contributed by atoms with Crippen molar-refractivity contribution < 1.29 is 19.0 Å². The van der Waals surface area contributed by atoms with Crippen LogP contribution in [0.2, 0.25) is 0 Å². The van der Waals surface area contributed by atoms with Gasteiger partial charge in [0, 0.05) is 5.70 Å². The Bertz CT molecular complexity index is 954. The van der Waals surface area contributed by atoms with Crippen molar-refractivity contribution >= 4 is 23.3 Å². The van der Waals surface area contributed by atoms with Crippen LogP contribution in [0.1, 0.15) is 29.7 Å². The van der Waals surface area contributed by atoms with E-state index >= 15 is 0 Å². The molecule has 29 heavy (non-hydrogen) atoms. The van der Waals surface area contributed by atoms with Gasteiger partial charge in [-0.05, 0) is 49.3 Å². The predicted molar refractivity (Wildman–Crippen MR) is 115 cm³/mol. The van der Waals surface area contributed by atoms with Gasteiger partial charge < -0.3 is 24.8 Å². The number of thiocarbonyl (C=S) groups is 1. The van der Waals surface area contributed by atoms with Gasteiger partial charge in [-0.25, -0.2) is 4.79 Å². The first-order valence-electron chi connectivity index (χ1n) is 9.15. The summed E-state index contributed by atoms with van der Waals surface area (Å²) in [6, 6.07) is 13.3. The third-order valence-corrected chi connectivity index (χ3v) is 4.93. The highest BCUT2D eigenvalue weighted by Crippen LogP contribution is 2.35. The molecule has 0 bridgehead atoms. The van der Waals surface area contributed by atoms with Crippen LogP contribution in [0.3, 0.4) is 0 Å². The van der Waals surface area contributed by atoms with E-state index in [2.05, 4.69) is 10.6 Å². The number of benzene rings is 2. The van der Waals surface area contributed by atoms with E-state index in [1.54, 1.807) is 14.0 Å². The number of esters is 1. The SMILES string of the molecule is COC(=O)C1=C(C)NC(=S)NC1c1ccc(OCc2ccc(C)cc2)c(OC)c1. The number of methoxy groups -OCH3 is 2. The van der Waals surface area contributed by atoms with E-state index in [0.29, 0.717) is 34.5 Å². The highest BCUT2D eigenvalue weighted by Gasteiger charge is 2.31. The second-order valence-electron chi connectivity index (χ2n) is 6.75. The number of hydrogen-bond donors (Lipinski definition) is 2. The van der Waals surface area contributed by atoms with Crippen LogP contribution < -0.4 is 20.1 Å². The topological polar surface area (TPSA) is 68.8 Å². The van der Waals surface area contributed by atoms with Crippen LogP contribution in [-0.4, -0.2) is 25.3 Å². The van der Waals surface area contributed by atoms with E-state index in [4.69, 9.17) is 26.4 Å². The molecule has 7 heteroatoms. The Kier molecular flexibility index (Phi) is 6.39. The summed E-state index contributed by atoms with van der Waals surface area (Å²) in [5.41, 5.74) is 4.21. The maximum atomic E-state index is 12.3. The van der Waals surface area contributed by atoms with E-state index < -0.39 is 12.0 Å². The number of hydrogen-bond acceptors (Lipinski definition) is 5. The molecule has 0 saturated carbocycles. The molecule has 2 N–H and O–H groups in total. The second kappa shape index (κ2) is 8.96. The van der Waals surface area contributed by atoms with Crippen molar-refractivity contribution in [2.45, 2.75) is 26.5 Å². The third-order valence-electron chi connectivity index (χ3n) is 4.71. The van der Waals surface area contributed by atoms with Crippen molar-refractivity contribution in [3.63, 3.8) is 0 Å². The quantitative estimate of drug-likeness (QED) is 0.555. The maximum Gasteiger partial charge on any atom is 0.337 e. The van der Waals surface area contributed by atoms with E-state index in [0.717, 1.165) is 11.1 Å². The molecule has 2 aromatic carbocycles. The van der Waals surface area contributed by atoms with Crippen LogP contribution in [0.4, 0.5) is 0 Å². The van der Waals surface area contributed by atoms with Gasteiger partial charge in [0.2, 0.25) is 0 Å². The average Bonchev–Trinajstić information content (AvgIpc) is 2.72. The Morgan fingerprint density at radius 1 is 1.07 bits per heavy atom. The van der Waals surface area contributed by atoms with Gasteiger partial charge in [0.15, 0.2) is 16.6 Å². The molecule has 0 amide bonds. The van der Waals surface area contributed by atoms with Crippen molar-refractivity contribution in [2.24, 2.45) is 0 Å². The number of carbonyl (C=O) groups is 1. The molecule has 1 unspecified atom stereocenters. The minimum Gasteiger partial charge on any atom is -0.493 e. The van der Waals surface area contributed by atoms with E-state index in [9.17, 15) is 4.79 Å². The van der Waals surface area contributed by atoms with Gasteiger partial charge in [-0.1, -0.05) is 35.9 Å². The standard InChI is InChI=1S/C22H24N2O4S/c1-13-5-7-15(8-6-13)12-28-17-10-9-16(11-18(17)26-3)20-19(21(25)27-4)14(2)23-22(29)24-20/h5-11,20H,12H2,1-4H3,(H2,23,24,29). The second-order valence-corrected chi connectivity index (χ2v) is 7.15. The van der Waals surface area contributed by atoms with Crippen LogP contribution in [0, 0.1) is 6.92 Å². The summed E-state index contributed by atoms with van der Waals surface area (Å²) in [4.78, 5) is 12.3. The first-order chi connectivity index (χ1) is 13.9. The Morgan fingerprint density at radius 3 is 2.45 bits per heavy atom. The Labute approximate surface area is 175 Å². The highest BCUT2D eigenvalue weighted by molar-refractivity contribution is 7.80. The number of ether oxygens (including phenoxy) is 3. The van der Waals surface area contributed by atoms with Gasteiger partial charge in [0.05, 0.1) is 25.8 Å². The molecule has 2 aromatic rings. The molecule has 1 aliphatic heterocycles. The third kappa shape index (κ3) is 4.68. The zero-order chi connectivity index (χ0) is 21.0. The first kappa shape index (κ1) is 20.7. The van der Waals surface area contributed by atoms with Crippen LogP contribution in [0.15, 0.2) is 53.7 Å². The summed E-state index contributed by atoms with van der Waals surface area (Å²) in [7, 11) is 2.94. The summed E-state index contributed by atoms with van der Waals surface area (Å²) in [5, 5.41) is 6.54. The molecular formula is C22H24N2O4S. The zero-order valence-electron chi connectivity index (χ0n) is 16.9. The molecule has 6 nitrogen and oxygen atoms in total. The van der Waals surface area contributed by atoms with Crippen LogP contribution >= 0.6 is 12.2 Å². The fourth-order valence-corrected chi connectivity index (χ4v) is 3.42. The van der Waals surface area contributed by atoms with Gasteiger partial charge in [0.1, 0.15) is 6.61 Å². The van der Waals surface area contributed by atoms with E-state index in [1.807, 2.05) is 49.4 Å². The van der Waals surface area contributed by atoms with Gasteiger partial charge >= 0.3 is 5.97 Å². The van der Waals surface area contributed by atoms with Crippen molar-refractivity contribution in [1.82, 2.24) is 10.6 Å². The highest BCUT2D eigenvalue weighted by atomic mass is 32.1. The lowest BCUT2D eigenvalue weighted by atomic mass is 9.95. The summed E-state index contributed by atoms with van der Waals surface area (Å²) < 4.78 is 16.4. The number of rotatable bonds is 6. The summed E-state index contributed by atoms with van der Waals surface area (Å²) in [5.74, 6) is 0.769. The number of nitrogens with one attached hydrogen (secondary N) is 2. The lowest BCUT2D eigenvalue weighted by molar-refractivity contribution is -0.136. The van der Waals surface area contributed by atoms with Crippen LogP contribution in [0.25, 0.3) is 0 Å². The molecule has 0 aromatic heterocycles. The molecule has 1 atom stereocenters. The van der Waals surface area contributed by atoms with Crippen molar-refractivity contribution in [2.75, 3.05) is 14.2 Å². The largest absolute Gasteiger partial charge is 0.493 e. The summed E-state index contributed by atoms with van der Waals surface area (Å²) >= 11 is 5.26. The molecule has 0 spiro atoms. The maximum absolute atomic E-state index is 12.3. The molecule has 0 radical (unpaired) electrons. The predicted octanol–water partition coefficient (Wildman–Crippen LogP) is 3.55. The molecule has 1 aliphatic rings. The Balaban J connectivity index is 1.87. The van der Waals surface area contributed by atoms with Gasteiger partial charge in [-0.15, -0.1) is 0 Å². The van der Waals surface area contributed by atoms with Crippen molar-refractivity contribution in [3.05, 3.63) is 70.4 Å². The normalized spacial score (nSPS) is 16.0. The number of carbonyl (C=O) groups excluding carboxylic acids is 1. The monoisotopic (exact) mass is 412 g/mol. The fraction of sp³-hybridized carbons (Fsp3) is 0.273. The fourth-order valence-electron chi connectivity index (χ4n) is 3.15. The van der Waals surface area contributed by atoms with Crippen LogP contribution in [0.5, 0.6) is 11.5 Å². The minimum atomic E-state index is -0.448. The molecular weight excluding hydrogens is 388 g/mol. The van der Waals surface area contributed by atoms with Crippen LogP contribution in [-0.2, 0) is 16.1 Å². The van der Waals surface area contributed by atoms with Gasteiger partial charge in [-0.3, -0.25) is 0 Å². The van der Waals surface area contributed by atoms with Gasteiger partial charge in [-0.2, -0.15) is 0 Å². The molecule has 3 rings (SSSR count). The minimum absolute atomic E-state index is 0.423.